The maximum atomic E-state index is 12.3. The average molecular weight is 252 g/mol. The zero-order chi connectivity index (χ0) is 13.0. The molecule has 0 atom stereocenters. The fraction of sp³-hybridized carbons (Fsp3) is 0.933. The maximum Gasteiger partial charge on any atom is 0.227 e. The van der Waals surface area contributed by atoms with Crippen LogP contribution in [0.1, 0.15) is 58.3 Å². The van der Waals surface area contributed by atoms with Gasteiger partial charge < -0.3 is 11.1 Å². The van der Waals surface area contributed by atoms with Crippen LogP contribution in [-0.2, 0) is 4.79 Å². The van der Waals surface area contributed by atoms with Crippen LogP contribution in [0.15, 0.2) is 0 Å². The molecule has 0 aromatic carbocycles. The van der Waals surface area contributed by atoms with Crippen LogP contribution >= 0.6 is 0 Å². The van der Waals surface area contributed by atoms with Crippen molar-refractivity contribution in [2.75, 3.05) is 13.1 Å². The van der Waals surface area contributed by atoms with E-state index in [1.54, 1.807) is 0 Å². The number of rotatable bonds is 4. The molecule has 0 aliphatic heterocycles. The molecule has 3 nitrogen and oxygen atoms in total. The molecule has 0 unspecified atom stereocenters. The summed E-state index contributed by atoms with van der Waals surface area (Å²) in [6.45, 7) is 3.71. The van der Waals surface area contributed by atoms with E-state index in [2.05, 4.69) is 12.2 Å². The Morgan fingerprint density at radius 1 is 1.22 bits per heavy atom. The molecular formula is C15H28N2O. The molecule has 2 saturated carbocycles. The van der Waals surface area contributed by atoms with Crippen molar-refractivity contribution in [3.8, 4) is 0 Å². The molecule has 2 aliphatic carbocycles. The Bertz CT molecular complexity index is 276. The predicted molar refractivity (Wildman–Crippen MR) is 74.1 cm³/mol. The van der Waals surface area contributed by atoms with Crippen molar-refractivity contribution in [2.45, 2.75) is 58.3 Å². The molecule has 18 heavy (non-hydrogen) atoms. The number of carbonyl (C=O) groups is 1. The minimum atomic E-state index is -0.234. The van der Waals surface area contributed by atoms with Crippen molar-refractivity contribution in [1.29, 1.82) is 0 Å². The van der Waals surface area contributed by atoms with E-state index in [4.69, 9.17) is 5.73 Å². The normalized spacial score (nSPS) is 31.2. The minimum Gasteiger partial charge on any atom is -0.355 e. The molecule has 2 rings (SSSR count). The smallest absolute Gasteiger partial charge is 0.227 e. The van der Waals surface area contributed by atoms with Crippen LogP contribution in [0.5, 0.6) is 0 Å². The molecule has 104 valence electrons. The van der Waals surface area contributed by atoms with E-state index in [0.717, 1.165) is 38.1 Å². The highest BCUT2D eigenvalue weighted by molar-refractivity contribution is 5.83. The Morgan fingerprint density at radius 3 is 2.39 bits per heavy atom. The van der Waals surface area contributed by atoms with Crippen LogP contribution in [0.3, 0.4) is 0 Å². The second-order valence-electron chi connectivity index (χ2n) is 6.53. The molecule has 0 radical (unpaired) electrons. The molecule has 0 bridgehead atoms. The lowest BCUT2D eigenvalue weighted by molar-refractivity contribution is -0.130. The number of carbonyl (C=O) groups excluding carboxylic acids is 1. The van der Waals surface area contributed by atoms with Crippen molar-refractivity contribution in [2.24, 2.45) is 23.0 Å². The Hall–Kier alpha value is -0.570. The van der Waals surface area contributed by atoms with Gasteiger partial charge in [-0.1, -0.05) is 32.6 Å². The molecule has 0 spiro atoms. The van der Waals surface area contributed by atoms with Crippen LogP contribution in [0, 0.1) is 17.3 Å². The molecule has 2 aliphatic rings. The van der Waals surface area contributed by atoms with Crippen LogP contribution < -0.4 is 11.1 Å². The van der Waals surface area contributed by atoms with Gasteiger partial charge in [0.15, 0.2) is 0 Å². The van der Waals surface area contributed by atoms with Gasteiger partial charge in [0.05, 0.1) is 5.41 Å². The molecule has 0 saturated heterocycles. The van der Waals surface area contributed by atoms with E-state index in [1.807, 2.05) is 0 Å². The Balaban J connectivity index is 1.77. The third-order valence-corrected chi connectivity index (χ3v) is 5.12. The van der Waals surface area contributed by atoms with Gasteiger partial charge in [-0.25, -0.2) is 0 Å². The number of hydrogen-bond donors (Lipinski definition) is 2. The van der Waals surface area contributed by atoms with Gasteiger partial charge in [-0.2, -0.15) is 0 Å². The molecule has 2 fully saturated rings. The van der Waals surface area contributed by atoms with E-state index in [0.29, 0.717) is 12.5 Å². The first-order valence-corrected chi connectivity index (χ1v) is 7.65. The monoisotopic (exact) mass is 252 g/mol. The molecule has 1 amide bonds. The highest BCUT2D eigenvalue weighted by Gasteiger charge is 2.39. The topological polar surface area (TPSA) is 55.1 Å². The van der Waals surface area contributed by atoms with Crippen LogP contribution in [0.2, 0.25) is 0 Å². The first kappa shape index (κ1) is 13.9. The number of nitrogens with two attached hydrogens (primary N) is 1. The molecule has 3 heteroatoms. The SMILES string of the molecule is CC1CCC(CNC(=O)C2(CN)CCCC2)CC1. The summed E-state index contributed by atoms with van der Waals surface area (Å²) in [4.78, 5) is 12.3. The lowest BCUT2D eigenvalue weighted by Gasteiger charge is -2.29. The Labute approximate surface area is 111 Å². The standard InChI is InChI=1S/C15H28N2O/c1-12-4-6-13(7-5-12)10-17-14(18)15(11-16)8-2-3-9-15/h12-13H,2-11,16H2,1H3,(H,17,18). The summed E-state index contributed by atoms with van der Waals surface area (Å²) in [6.07, 6.45) is 9.48. The van der Waals surface area contributed by atoms with Gasteiger partial charge in [-0.05, 0) is 37.5 Å². The molecule has 0 aromatic heterocycles. The fourth-order valence-corrected chi connectivity index (χ4v) is 3.53. The van der Waals surface area contributed by atoms with E-state index in [9.17, 15) is 4.79 Å². The largest absolute Gasteiger partial charge is 0.355 e. The number of hydrogen-bond acceptors (Lipinski definition) is 2. The zero-order valence-electron chi connectivity index (χ0n) is 11.7. The zero-order valence-corrected chi connectivity index (χ0v) is 11.7. The van der Waals surface area contributed by atoms with Crippen molar-refractivity contribution < 1.29 is 4.79 Å². The van der Waals surface area contributed by atoms with Crippen molar-refractivity contribution in [3.05, 3.63) is 0 Å². The van der Waals surface area contributed by atoms with E-state index >= 15 is 0 Å². The van der Waals surface area contributed by atoms with Gasteiger partial charge >= 0.3 is 0 Å². The third-order valence-electron chi connectivity index (χ3n) is 5.12. The third kappa shape index (κ3) is 3.05. The predicted octanol–water partition coefficient (Wildman–Crippen LogP) is 2.45. The van der Waals surface area contributed by atoms with Crippen LogP contribution in [0.25, 0.3) is 0 Å². The highest BCUT2D eigenvalue weighted by Crippen LogP contribution is 2.37. The van der Waals surface area contributed by atoms with Crippen molar-refractivity contribution >= 4 is 5.91 Å². The number of amides is 1. The van der Waals surface area contributed by atoms with Gasteiger partial charge in [0.2, 0.25) is 5.91 Å². The molecular weight excluding hydrogens is 224 g/mol. The quantitative estimate of drug-likeness (QED) is 0.807. The summed E-state index contributed by atoms with van der Waals surface area (Å²) in [5, 5.41) is 3.18. The minimum absolute atomic E-state index is 0.223. The summed E-state index contributed by atoms with van der Waals surface area (Å²) in [6, 6.07) is 0. The van der Waals surface area contributed by atoms with Crippen molar-refractivity contribution in [1.82, 2.24) is 5.32 Å². The average Bonchev–Trinajstić information content (AvgIpc) is 2.88. The van der Waals surface area contributed by atoms with E-state index < -0.39 is 0 Å². The van der Waals surface area contributed by atoms with Gasteiger partial charge in [0, 0.05) is 13.1 Å². The highest BCUT2D eigenvalue weighted by atomic mass is 16.2. The molecule has 3 N–H and O–H groups in total. The van der Waals surface area contributed by atoms with Crippen LogP contribution in [-0.4, -0.2) is 19.0 Å². The van der Waals surface area contributed by atoms with Crippen molar-refractivity contribution in [3.63, 3.8) is 0 Å². The summed E-state index contributed by atoms with van der Waals surface area (Å²) in [7, 11) is 0. The molecule has 0 aromatic rings. The molecule has 0 heterocycles. The van der Waals surface area contributed by atoms with Gasteiger partial charge in [0.25, 0.3) is 0 Å². The number of nitrogens with one attached hydrogen (secondary N) is 1. The summed E-state index contributed by atoms with van der Waals surface area (Å²) >= 11 is 0. The lowest BCUT2D eigenvalue weighted by Crippen LogP contribution is -2.45. The second-order valence-corrected chi connectivity index (χ2v) is 6.53. The van der Waals surface area contributed by atoms with Crippen LogP contribution in [0.4, 0.5) is 0 Å². The van der Waals surface area contributed by atoms with Gasteiger partial charge in [-0.15, -0.1) is 0 Å². The maximum absolute atomic E-state index is 12.3. The first-order chi connectivity index (χ1) is 8.66. The first-order valence-electron chi connectivity index (χ1n) is 7.65. The van der Waals surface area contributed by atoms with E-state index in [1.165, 1.54) is 25.7 Å². The summed E-state index contributed by atoms with van der Waals surface area (Å²) in [5.41, 5.74) is 5.60. The Kier molecular flexibility index (Phi) is 4.66. The summed E-state index contributed by atoms with van der Waals surface area (Å²) in [5.74, 6) is 1.80. The lowest BCUT2D eigenvalue weighted by atomic mass is 9.82. The van der Waals surface area contributed by atoms with Gasteiger partial charge in [0.1, 0.15) is 0 Å². The fourth-order valence-electron chi connectivity index (χ4n) is 3.53. The van der Waals surface area contributed by atoms with Gasteiger partial charge in [-0.3, -0.25) is 4.79 Å². The second kappa shape index (κ2) is 6.05. The summed E-state index contributed by atoms with van der Waals surface area (Å²) < 4.78 is 0. The van der Waals surface area contributed by atoms with E-state index in [-0.39, 0.29) is 11.3 Å². The Morgan fingerprint density at radius 2 is 1.83 bits per heavy atom.